The van der Waals surface area contributed by atoms with Crippen molar-refractivity contribution in [1.29, 1.82) is 0 Å². The highest BCUT2D eigenvalue weighted by atomic mass is 16.4. The average Bonchev–Trinajstić information content (AvgIpc) is 3.48. The number of hydrogen-bond acceptors (Lipinski definition) is 3. The Morgan fingerprint density at radius 2 is 0.621 bits per heavy atom. The molecule has 5 aromatic rings. The monoisotopic (exact) mass is 380 g/mol. The van der Waals surface area contributed by atoms with E-state index in [0.717, 1.165) is 22.6 Å². The number of rotatable bonds is 4. The lowest BCUT2D eigenvalue weighted by molar-refractivity contribution is 0.516. The maximum Gasteiger partial charge on any atom is 0.170 e. The predicted molar refractivity (Wildman–Crippen MR) is 114 cm³/mol. The molecule has 0 radical (unpaired) electrons. The molecule has 3 aromatic heterocycles. The van der Waals surface area contributed by atoms with E-state index in [4.69, 9.17) is 13.3 Å². The molecule has 0 saturated carbocycles. The van der Waals surface area contributed by atoms with Gasteiger partial charge in [0.05, 0.1) is 0 Å². The van der Waals surface area contributed by atoms with Crippen molar-refractivity contribution in [3.63, 3.8) is 0 Å². The van der Waals surface area contributed by atoms with Gasteiger partial charge in [-0.25, -0.2) is 0 Å². The average molecular weight is 380 g/mol. The van der Waals surface area contributed by atoms with E-state index in [2.05, 4.69) is 62.4 Å². The van der Waals surface area contributed by atoms with Crippen LogP contribution < -0.4 is 0 Å². The third-order valence-corrected chi connectivity index (χ3v) is 4.98. The van der Waals surface area contributed by atoms with Crippen LogP contribution in [0.25, 0.3) is 45.7 Å². The van der Waals surface area contributed by atoms with Crippen LogP contribution in [0.4, 0.5) is 0 Å². The summed E-state index contributed by atoms with van der Waals surface area (Å²) in [4.78, 5) is 0. The first-order chi connectivity index (χ1) is 14.2. The molecule has 3 heterocycles. The third kappa shape index (κ3) is 3.43. The smallest absolute Gasteiger partial charge is 0.170 e. The highest BCUT2D eigenvalue weighted by Crippen LogP contribution is 2.34. The number of furan rings is 3. The summed E-state index contributed by atoms with van der Waals surface area (Å²) in [5.74, 6) is 4.36. The Labute approximate surface area is 169 Å². The molecule has 5 rings (SSSR count). The maximum atomic E-state index is 6.01. The van der Waals surface area contributed by atoms with Crippen LogP contribution in [0, 0.1) is 13.8 Å². The molecule has 142 valence electrons. The van der Waals surface area contributed by atoms with Crippen molar-refractivity contribution >= 4 is 0 Å². The van der Waals surface area contributed by atoms with E-state index in [9.17, 15) is 0 Å². The zero-order valence-corrected chi connectivity index (χ0v) is 16.3. The third-order valence-electron chi connectivity index (χ3n) is 4.98. The molecule has 0 aliphatic rings. The lowest BCUT2D eigenvalue weighted by Gasteiger charge is -1.98. The van der Waals surface area contributed by atoms with Crippen molar-refractivity contribution in [2.24, 2.45) is 0 Å². The molecule has 3 heteroatoms. The summed E-state index contributed by atoms with van der Waals surface area (Å²) in [6, 6.07) is 28.1. The predicted octanol–water partition coefficient (Wildman–Crippen LogP) is 7.75. The second-order valence-corrected chi connectivity index (χ2v) is 7.22. The Balaban J connectivity index is 1.40. The standard InChI is InChI=1S/C26H20O3/c1-17-3-7-19(8-4-17)21-11-13-23(27-21)25-15-16-26(29-25)24-14-12-22(28-24)20-9-5-18(2)6-10-20/h3-16H,1-2H3. The van der Waals surface area contributed by atoms with Gasteiger partial charge in [0.25, 0.3) is 0 Å². The molecule has 2 aromatic carbocycles. The Kier molecular flexibility index (Phi) is 4.21. The molecule has 0 aliphatic heterocycles. The van der Waals surface area contributed by atoms with Crippen molar-refractivity contribution in [2.75, 3.05) is 0 Å². The second kappa shape index (κ2) is 7.02. The van der Waals surface area contributed by atoms with Gasteiger partial charge in [-0.15, -0.1) is 0 Å². The van der Waals surface area contributed by atoms with Crippen molar-refractivity contribution < 1.29 is 13.3 Å². The van der Waals surface area contributed by atoms with Gasteiger partial charge >= 0.3 is 0 Å². The topological polar surface area (TPSA) is 39.4 Å². The van der Waals surface area contributed by atoms with Crippen LogP contribution in [-0.4, -0.2) is 0 Å². The van der Waals surface area contributed by atoms with E-state index < -0.39 is 0 Å². The molecular weight excluding hydrogens is 360 g/mol. The first-order valence-corrected chi connectivity index (χ1v) is 9.60. The molecule has 0 fully saturated rings. The minimum absolute atomic E-state index is 0.673. The summed E-state index contributed by atoms with van der Waals surface area (Å²) < 4.78 is 18.0. The van der Waals surface area contributed by atoms with Crippen LogP contribution in [0.1, 0.15) is 11.1 Å². The quantitative estimate of drug-likeness (QED) is 0.320. The van der Waals surface area contributed by atoms with Gasteiger partial charge in [0.15, 0.2) is 23.0 Å². The van der Waals surface area contributed by atoms with Gasteiger partial charge in [-0.3, -0.25) is 0 Å². The normalized spacial score (nSPS) is 11.1. The van der Waals surface area contributed by atoms with Crippen LogP contribution in [0.15, 0.2) is 98.2 Å². The molecule has 0 saturated heterocycles. The van der Waals surface area contributed by atoms with Crippen molar-refractivity contribution in [3.05, 3.63) is 96.1 Å². The Morgan fingerprint density at radius 1 is 0.345 bits per heavy atom. The largest absolute Gasteiger partial charge is 0.453 e. The SMILES string of the molecule is Cc1ccc(-c2ccc(-c3ccc(-c4ccc(-c5ccc(C)cc5)o4)o3)o2)cc1. The molecule has 0 atom stereocenters. The van der Waals surface area contributed by atoms with Crippen LogP contribution in [0.2, 0.25) is 0 Å². The Bertz CT molecular complexity index is 1150. The minimum atomic E-state index is 0.673. The van der Waals surface area contributed by atoms with E-state index in [1.807, 2.05) is 36.4 Å². The maximum absolute atomic E-state index is 6.01. The fourth-order valence-electron chi connectivity index (χ4n) is 3.29. The van der Waals surface area contributed by atoms with E-state index in [-0.39, 0.29) is 0 Å². The number of benzene rings is 2. The molecule has 0 unspecified atom stereocenters. The van der Waals surface area contributed by atoms with Crippen molar-refractivity contribution in [3.8, 4) is 45.7 Å². The summed E-state index contributed by atoms with van der Waals surface area (Å²) in [5, 5.41) is 0. The molecule has 3 nitrogen and oxygen atoms in total. The number of aryl methyl sites for hydroxylation is 2. The van der Waals surface area contributed by atoms with Crippen LogP contribution in [-0.2, 0) is 0 Å². The molecule has 0 aliphatic carbocycles. The fourth-order valence-corrected chi connectivity index (χ4v) is 3.29. The van der Waals surface area contributed by atoms with E-state index in [1.165, 1.54) is 11.1 Å². The summed E-state index contributed by atoms with van der Waals surface area (Å²) in [7, 11) is 0. The lowest BCUT2D eigenvalue weighted by atomic mass is 10.1. The molecule has 0 bridgehead atoms. The van der Waals surface area contributed by atoms with Gasteiger partial charge in [0.1, 0.15) is 11.5 Å². The number of hydrogen-bond donors (Lipinski definition) is 0. The van der Waals surface area contributed by atoms with Gasteiger partial charge in [-0.1, -0.05) is 59.7 Å². The van der Waals surface area contributed by atoms with Crippen LogP contribution in [0.3, 0.4) is 0 Å². The zero-order chi connectivity index (χ0) is 19.8. The Morgan fingerprint density at radius 3 is 0.966 bits per heavy atom. The highest BCUT2D eigenvalue weighted by molar-refractivity contribution is 5.66. The summed E-state index contributed by atoms with van der Waals surface area (Å²) in [5.41, 5.74) is 4.53. The second-order valence-electron chi connectivity index (χ2n) is 7.22. The van der Waals surface area contributed by atoms with E-state index >= 15 is 0 Å². The molecule has 29 heavy (non-hydrogen) atoms. The van der Waals surface area contributed by atoms with Gasteiger partial charge in [0.2, 0.25) is 0 Å². The van der Waals surface area contributed by atoms with Crippen molar-refractivity contribution in [2.45, 2.75) is 13.8 Å². The lowest BCUT2D eigenvalue weighted by Crippen LogP contribution is -1.74. The van der Waals surface area contributed by atoms with Gasteiger partial charge in [0, 0.05) is 11.1 Å². The highest BCUT2D eigenvalue weighted by Gasteiger charge is 2.14. The van der Waals surface area contributed by atoms with Gasteiger partial charge in [-0.05, 0) is 50.2 Å². The molecule has 0 N–H and O–H groups in total. The minimum Gasteiger partial charge on any atom is -0.453 e. The fraction of sp³-hybridized carbons (Fsp3) is 0.0769. The van der Waals surface area contributed by atoms with Gasteiger partial charge in [-0.2, -0.15) is 0 Å². The van der Waals surface area contributed by atoms with E-state index in [1.54, 1.807) is 0 Å². The first kappa shape index (κ1) is 17.4. The van der Waals surface area contributed by atoms with Crippen molar-refractivity contribution in [1.82, 2.24) is 0 Å². The van der Waals surface area contributed by atoms with Crippen LogP contribution >= 0.6 is 0 Å². The summed E-state index contributed by atoms with van der Waals surface area (Å²) >= 11 is 0. The molecule has 0 spiro atoms. The first-order valence-electron chi connectivity index (χ1n) is 9.60. The van der Waals surface area contributed by atoms with Crippen LogP contribution in [0.5, 0.6) is 0 Å². The summed E-state index contributed by atoms with van der Waals surface area (Å²) in [6.07, 6.45) is 0. The zero-order valence-electron chi connectivity index (χ0n) is 16.3. The molecular formula is C26H20O3. The van der Waals surface area contributed by atoms with Gasteiger partial charge < -0.3 is 13.3 Å². The Hall–Kier alpha value is -3.72. The molecule has 0 amide bonds. The van der Waals surface area contributed by atoms with E-state index in [0.29, 0.717) is 23.0 Å². The summed E-state index contributed by atoms with van der Waals surface area (Å²) in [6.45, 7) is 4.14.